The highest BCUT2D eigenvalue weighted by Crippen LogP contribution is 2.32. The Morgan fingerprint density at radius 2 is 1.86 bits per heavy atom. The summed E-state index contributed by atoms with van der Waals surface area (Å²) in [5, 5.41) is 8.18. The van der Waals surface area contributed by atoms with Gasteiger partial charge in [-0.05, 0) is 23.8 Å². The van der Waals surface area contributed by atoms with Crippen molar-refractivity contribution >= 4 is 29.1 Å². The summed E-state index contributed by atoms with van der Waals surface area (Å²) in [7, 11) is 0. The zero-order chi connectivity index (χ0) is 19.5. The molecule has 3 aromatic rings. The molecule has 0 atom stereocenters. The van der Waals surface area contributed by atoms with Crippen LogP contribution in [0.15, 0.2) is 65.0 Å². The second-order valence-electron chi connectivity index (χ2n) is 6.14. The van der Waals surface area contributed by atoms with Gasteiger partial charge in [-0.2, -0.15) is 5.11 Å². The number of benzene rings is 1. The molecule has 0 fully saturated rings. The Bertz CT molecular complexity index is 1030. The van der Waals surface area contributed by atoms with E-state index in [0.717, 1.165) is 11.3 Å². The van der Waals surface area contributed by atoms with Crippen LogP contribution >= 0.6 is 0 Å². The van der Waals surface area contributed by atoms with Crippen molar-refractivity contribution < 1.29 is 9.53 Å². The number of nitrogen functional groups attached to an aromatic ring is 2. The average Bonchev–Trinajstić information content (AvgIpc) is 3.14. The van der Waals surface area contributed by atoms with E-state index in [1.54, 1.807) is 18.3 Å². The highest BCUT2D eigenvalue weighted by atomic mass is 16.6. The highest BCUT2D eigenvalue weighted by Gasteiger charge is 2.26. The van der Waals surface area contributed by atoms with E-state index in [2.05, 4.69) is 20.2 Å². The Hall–Kier alpha value is -4.01. The molecule has 1 aromatic carbocycles. The van der Waals surface area contributed by atoms with Gasteiger partial charge in [0.1, 0.15) is 5.69 Å². The van der Waals surface area contributed by atoms with Crippen LogP contribution in [0.3, 0.4) is 0 Å². The first-order valence-electron chi connectivity index (χ1n) is 8.52. The van der Waals surface area contributed by atoms with Crippen LogP contribution in [-0.4, -0.2) is 21.0 Å². The van der Waals surface area contributed by atoms with Crippen LogP contribution in [0.4, 0.5) is 27.8 Å². The zero-order valence-corrected chi connectivity index (χ0v) is 14.8. The number of carbonyl (C=O) groups excluding carboxylic acids is 1. The van der Waals surface area contributed by atoms with Gasteiger partial charge in [-0.25, -0.2) is 9.78 Å². The summed E-state index contributed by atoms with van der Waals surface area (Å²) in [6.45, 7) is 0.794. The minimum absolute atomic E-state index is 0.000604. The van der Waals surface area contributed by atoms with Gasteiger partial charge < -0.3 is 16.2 Å². The van der Waals surface area contributed by atoms with Gasteiger partial charge in [0, 0.05) is 12.3 Å². The average molecular weight is 375 g/mol. The van der Waals surface area contributed by atoms with Crippen molar-refractivity contribution in [3.8, 4) is 5.75 Å². The van der Waals surface area contributed by atoms with Gasteiger partial charge in [0.25, 0.3) is 0 Å². The molecule has 0 unspecified atom stereocenters. The number of hydrogen-bond acceptors (Lipinski definition) is 8. The fraction of sp³-hybridized carbons (Fsp3) is 0.105. The number of anilines is 2. The van der Waals surface area contributed by atoms with Gasteiger partial charge in [-0.3, -0.25) is 9.88 Å². The fourth-order valence-corrected chi connectivity index (χ4v) is 2.77. The first kappa shape index (κ1) is 17.4. The summed E-state index contributed by atoms with van der Waals surface area (Å²) < 4.78 is 5.42. The molecule has 1 aliphatic heterocycles. The minimum atomic E-state index is -0.554. The number of pyridine rings is 2. The molecule has 1 aliphatic rings. The molecule has 4 rings (SSSR count). The second kappa shape index (κ2) is 7.31. The number of aromatic nitrogens is 2. The Morgan fingerprint density at radius 3 is 2.64 bits per heavy atom. The molecular formula is C19H17N7O2. The maximum atomic E-state index is 12.5. The number of ether oxygens (including phenoxy) is 1. The zero-order valence-electron chi connectivity index (χ0n) is 14.8. The van der Waals surface area contributed by atoms with Crippen LogP contribution in [0.1, 0.15) is 11.3 Å². The van der Waals surface area contributed by atoms with Crippen molar-refractivity contribution in [2.24, 2.45) is 10.2 Å². The molecule has 28 heavy (non-hydrogen) atoms. The normalized spacial score (nSPS) is 12.9. The molecule has 0 bridgehead atoms. The van der Waals surface area contributed by atoms with Crippen molar-refractivity contribution in [3.63, 3.8) is 0 Å². The molecule has 1 amide bonds. The highest BCUT2D eigenvalue weighted by molar-refractivity contribution is 5.75. The number of fused-ring (bicyclic) bond motifs is 1. The Kier molecular flexibility index (Phi) is 4.55. The lowest BCUT2D eigenvalue weighted by Crippen LogP contribution is -2.28. The Morgan fingerprint density at radius 1 is 1.04 bits per heavy atom. The molecule has 0 aliphatic carbocycles. The van der Waals surface area contributed by atoms with Crippen molar-refractivity contribution in [1.29, 1.82) is 0 Å². The van der Waals surface area contributed by atoms with E-state index >= 15 is 0 Å². The first-order chi connectivity index (χ1) is 13.6. The summed E-state index contributed by atoms with van der Waals surface area (Å²) in [5.41, 5.74) is 14.5. The molecule has 2 aromatic heterocycles. The summed E-state index contributed by atoms with van der Waals surface area (Å²) >= 11 is 0. The lowest BCUT2D eigenvalue weighted by Gasteiger charge is -2.15. The topological polar surface area (TPSA) is 132 Å². The third-order valence-electron chi connectivity index (χ3n) is 4.19. The van der Waals surface area contributed by atoms with Crippen molar-refractivity contribution in [1.82, 2.24) is 14.9 Å². The molecular weight excluding hydrogens is 358 g/mol. The Labute approximate surface area is 160 Å². The second-order valence-corrected chi connectivity index (χ2v) is 6.14. The predicted octanol–water partition coefficient (Wildman–Crippen LogP) is 3.57. The van der Waals surface area contributed by atoms with E-state index in [9.17, 15) is 4.79 Å². The molecule has 0 saturated carbocycles. The van der Waals surface area contributed by atoms with Crippen molar-refractivity contribution in [3.05, 3.63) is 66.0 Å². The predicted molar refractivity (Wildman–Crippen MR) is 103 cm³/mol. The smallest absolute Gasteiger partial charge is 0.406 e. The number of nitrogens with zero attached hydrogens (tertiary/aromatic N) is 5. The monoisotopic (exact) mass is 375 g/mol. The standard InChI is InChI=1S/C19H17N7O2/c20-17-14(25-24-13-6-2-1-3-7-13)9-16(18(21)23-17)28-19(27)26-10-12-5-4-8-22-15(12)11-26/h1-9H,10-11H2,(H4,20,21,23). The first-order valence-corrected chi connectivity index (χ1v) is 8.52. The molecule has 9 nitrogen and oxygen atoms in total. The van der Waals surface area contributed by atoms with E-state index in [0.29, 0.717) is 18.8 Å². The number of carbonyl (C=O) groups is 1. The lowest BCUT2D eigenvalue weighted by atomic mass is 10.2. The molecule has 0 spiro atoms. The van der Waals surface area contributed by atoms with Gasteiger partial charge in [0.15, 0.2) is 17.4 Å². The molecule has 140 valence electrons. The van der Waals surface area contributed by atoms with Crippen LogP contribution in [0.2, 0.25) is 0 Å². The number of nitrogens with two attached hydrogens (primary N) is 2. The molecule has 4 N–H and O–H groups in total. The van der Waals surface area contributed by atoms with E-state index in [4.69, 9.17) is 16.2 Å². The van der Waals surface area contributed by atoms with Crippen LogP contribution in [-0.2, 0) is 13.1 Å². The van der Waals surface area contributed by atoms with Gasteiger partial charge in [0.05, 0.1) is 24.5 Å². The number of hydrogen-bond donors (Lipinski definition) is 2. The summed E-state index contributed by atoms with van der Waals surface area (Å²) in [5.74, 6) is 0.166. The lowest BCUT2D eigenvalue weighted by molar-refractivity contribution is 0.152. The Balaban J connectivity index is 1.52. The van der Waals surface area contributed by atoms with Crippen molar-refractivity contribution in [2.75, 3.05) is 11.5 Å². The van der Waals surface area contributed by atoms with Crippen LogP contribution in [0.5, 0.6) is 5.75 Å². The van der Waals surface area contributed by atoms with Crippen molar-refractivity contribution in [2.45, 2.75) is 13.1 Å². The summed E-state index contributed by atoms with van der Waals surface area (Å²) in [6, 6.07) is 14.4. The maximum Gasteiger partial charge on any atom is 0.416 e. The van der Waals surface area contributed by atoms with Gasteiger partial charge in [-0.1, -0.05) is 24.3 Å². The molecule has 0 saturated heterocycles. The van der Waals surface area contributed by atoms with Crippen LogP contribution < -0.4 is 16.2 Å². The minimum Gasteiger partial charge on any atom is -0.406 e. The maximum absolute atomic E-state index is 12.5. The molecule has 9 heteroatoms. The summed E-state index contributed by atoms with van der Waals surface area (Å²) in [6.07, 6.45) is 1.14. The van der Waals surface area contributed by atoms with E-state index in [1.807, 2.05) is 30.3 Å². The van der Waals surface area contributed by atoms with Gasteiger partial charge in [0.2, 0.25) is 0 Å². The SMILES string of the molecule is Nc1nc(N)c(OC(=O)N2Cc3cccnc3C2)cc1N=Nc1ccccc1. The summed E-state index contributed by atoms with van der Waals surface area (Å²) in [4.78, 5) is 22.3. The fourth-order valence-electron chi connectivity index (χ4n) is 2.77. The van der Waals surface area contributed by atoms with E-state index < -0.39 is 6.09 Å². The van der Waals surface area contributed by atoms with E-state index in [1.165, 1.54) is 11.0 Å². The van der Waals surface area contributed by atoms with Gasteiger partial charge >= 0.3 is 6.09 Å². The number of amides is 1. The number of rotatable bonds is 3. The van der Waals surface area contributed by atoms with E-state index in [-0.39, 0.29) is 23.1 Å². The third-order valence-corrected chi connectivity index (χ3v) is 4.19. The molecule has 0 radical (unpaired) electrons. The molecule has 3 heterocycles. The van der Waals surface area contributed by atoms with Gasteiger partial charge in [-0.15, -0.1) is 5.11 Å². The largest absolute Gasteiger partial charge is 0.416 e. The third kappa shape index (κ3) is 3.58. The van der Waals surface area contributed by atoms with Crippen LogP contribution in [0.25, 0.3) is 0 Å². The quantitative estimate of drug-likeness (QED) is 0.673. The number of azo groups is 1. The van der Waals surface area contributed by atoms with Crippen LogP contribution in [0, 0.1) is 0 Å².